The van der Waals surface area contributed by atoms with Crippen molar-refractivity contribution >= 4 is 11.9 Å². The van der Waals surface area contributed by atoms with Crippen LogP contribution in [-0.4, -0.2) is 23.0 Å². The van der Waals surface area contributed by atoms with Crippen LogP contribution in [0.2, 0.25) is 0 Å². The molecule has 4 nitrogen and oxygen atoms in total. The third kappa shape index (κ3) is 5.12. The molecule has 2 N–H and O–H groups in total. The third-order valence-electron chi connectivity index (χ3n) is 2.96. The number of nitrogens with one attached hydrogen (secondary N) is 1. The average Bonchev–Trinajstić information content (AvgIpc) is 2.32. The molecule has 0 aliphatic heterocycles. The Balaban J connectivity index is 2.52. The average molecular weight is 263 g/mol. The minimum Gasteiger partial charge on any atom is -0.480 e. The third-order valence-corrected chi connectivity index (χ3v) is 2.96. The molecule has 0 aliphatic carbocycles. The second-order valence-corrected chi connectivity index (χ2v) is 4.86. The standard InChI is InChI=1S/C15H21NO3/c1-4-13(15(18)19)16-14(17)6-5-12-8-10(2)7-11(3)9-12/h7-9,13H,4-6H2,1-3H3,(H,16,17)(H,18,19). The first-order valence-corrected chi connectivity index (χ1v) is 6.51. The molecule has 104 valence electrons. The number of carbonyl (C=O) groups is 2. The molecule has 0 saturated heterocycles. The number of benzene rings is 1. The lowest BCUT2D eigenvalue weighted by Crippen LogP contribution is -2.40. The first-order chi connectivity index (χ1) is 8.92. The molecule has 1 rings (SSSR count). The van der Waals surface area contributed by atoms with Crippen LogP contribution in [0.5, 0.6) is 0 Å². The fourth-order valence-electron chi connectivity index (χ4n) is 2.08. The van der Waals surface area contributed by atoms with Crippen LogP contribution >= 0.6 is 0 Å². The Labute approximate surface area is 113 Å². The molecule has 1 aromatic rings. The van der Waals surface area contributed by atoms with Crippen molar-refractivity contribution in [1.82, 2.24) is 5.32 Å². The maximum absolute atomic E-state index is 11.7. The van der Waals surface area contributed by atoms with E-state index in [4.69, 9.17) is 5.11 Å². The molecule has 4 heteroatoms. The van der Waals surface area contributed by atoms with Gasteiger partial charge in [-0.1, -0.05) is 36.2 Å². The van der Waals surface area contributed by atoms with E-state index in [1.165, 1.54) is 11.1 Å². The van der Waals surface area contributed by atoms with Crippen molar-refractivity contribution in [1.29, 1.82) is 0 Å². The Morgan fingerprint density at radius 1 is 1.21 bits per heavy atom. The lowest BCUT2D eigenvalue weighted by molar-refractivity contribution is -0.141. The predicted octanol–water partition coefficient (Wildman–Crippen LogP) is 2.22. The number of hydrogen-bond donors (Lipinski definition) is 2. The lowest BCUT2D eigenvalue weighted by atomic mass is 10.0. The van der Waals surface area contributed by atoms with E-state index in [1.807, 2.05) is 13.8 Å². The molecule has 1 unspecified atom stereocenters. The Kier molecular flexibility index (Phi) is 5.55. The van der Waals surface area contributed by atoms with Gasteiger partial charge in [0.25, 0.3) is 0 Å². The van der Waals surface area contributed by atoms with Crippen LogP contribution in [0, 0.1) is 13.8 Å². The maximum Gasteiger partial charge on any atom is 0.326 e. The lowest BCUT2D eigenvalue weighted by Gasteiger charge is -2.12. The zero-order valence-electron chi connectivity index (χ0n) is 11.7. The zero-order chi connectivity index (χ0) is 14.4. The van der Waals surface area contributed by atoms with E-state index < -0.39 is 12.0 Å². The van der Waals surface area contributed by atoms with Gasteiger partial charge in [-0.15, -0.1) is 0 Å². The zero-order valence-corrected chi connectivity index (χ0v) is 11.7. The minimum absolute atomic E-state index is 0.214. The van der Waals surface area contributed by atoms with Gasteiger partial charge < -0.3 is 10.4 Å². The van der Waals surface area contributed by atoms with E-state index in [0.717, 1.165) is 5.56 Å². The molecule has 1 amide bonds. The van der Waals surface area contributed by atoms with E-state index in [1.54, 1.807) is 6.92 Å². The Hall–Kier alpha value is -1.84. The van der Waals surface area contributed by atoms with Gasteiger partial charge >= 0.3 is 5.97 Å². The van der Waals surface area contributed by atoms with Gasteiger partial charge in [0.15, 0.2) is 0 Å². The summed E-state index contributed by atoms with van der Waals surface area (Å²) in [4.78, 5) is 22.5. The number of carbonyl (C=O) groups excluding carboxylic acids is 1. The smallest absolute Gasteiger partial charge is 0.326 e. The van der Waals surface area contributed by atoms with Crippen LogP contribution in [0.1, 0.15) is 36.5 Å². The van der Waals surface area contributed by atoms with E-state index >= 15 is 0 Å². The molecule has 19 heavy (non-hydrogen) atoms. The van der Waals surface area contributed by atoms with Crippen molar-refractivity contribution in [2.45, 2.75) is 46.1 Å². The van der Waals surface area contributed by atoms with Gasteiger partial charge in [-0.25, -0.2) is 4.79 Å². The van der Waals surface area contributed by atoms with Crippen LogP contribution < -0.4 is 5.32 Å². The number of amides is 1. The van der Waals surface area contributed by atoms with Crippen LogP contribution in [0.3, 0.4) is 0 Å². The summed E-state index contributed by atoms with van der Waals surface area (Å²) in [6, 6.07) is 5.40. The number of hydrogen-bond acceptors (Lipinski definition) is 2. The van der Waals surface area contributed by atoms with Gasteiger partial charge in [0, 0.05) is 6.42 Å². The molecular formula is C15H21NO3. The monoisotopic (exact) mass is 263 g/mol. The van der Waals surface area contributed by atoms with Crippen LogP contribution in [0.25, 0.3) is 0 Å². The summed E-state index contributed by atoms with van der Waals surface area (Å²) in [5.41, 5.74) is 3.45. The molecule has 0 aromatic heterocycles. The largest absolute Gasteiger partial charge is 0.480 e. The Morgan fingerprint density at radius 2 is 1.79 bits per heavy atom. The number of aliphatic carboxylic acids is 1. The molecule has 0 saturated carbocycles. The molecule has 1 aromatic carbocycles. The number of carboxylic acids is 1. The molecule has 0 bridgehead atoms. The molecule has 0 aliphatic rings. The summed E-state index contributed by atoms with van der Waals surface area (Å²) < 4.78 is 0. The van der Waals surface area contributed by atoms with Gasteiger partial charge in [-0.3, -0.25) is 4.79 Å². The van der Waals surface area contributed by atoms with E-state index in [9.17, 15) is 9.59 Å². The van der Waals surface area contributed by atoms with Crippen LogP contribution in [-0.2, 0) is 16.0 Å². The first kappa shape index (κ1) is 15.2. The quantitative estimate of drug-likeness (QED) is 0.827. The topological polar surface area (TPSA) is 66.4 Å². The Morgan fingerprint density at radius 3 is 2.26 bits per heavy atom. The number of aryl methyl sites for hydroxylation is 3. The van der Waals surface area contributed by atoms with Gasteiger partial charge in [0.1, 0.15) is 6.04 Å². The van der Waals surface area contributed by atoms with Gasteiger partial charge in [-0.05, 0) is 32.3 Å². The van der Waals surface area contributed by atoms with E-state index in [-0.39, 0.29) is 5.91 Å². The van der Waals surface area contributed by atoms with Crippen LogP contribution in [0.4, 0.5) is 0 Å². The Bertz CT molecular complexity index is 448. The van der Waals surface area contributed by atoms with Crippen LogP contribution in [0.15, 0.2) is 18.2 Å². The van der Waals surface area contributed by atoms with Crippen molar-refractivity contribution in [2.75, 3.05) is 0 Å². The van der Waals surface area contributed by atoms with Crippen molar-refractivity contribution in [2.24, 2.45) is 0 Å². The highest BCUT2D eigenvalue weighted by Gasteiger charge is 2.17. The molecule has 1 atom stereocenters. The summed E-state index contributed by atoms with van der Waals surface area (Å²) in [6.07, 6.45) is 1.34. The van der Waals surface area contributed by atoms with Gasteiger partial charge in [0.2, 0.25) is 5.91 Å². The number of rotatable bonds is 6. The summed E-state index contributed by atoms with van der Waals surface area (Å²) in [5.74, 6) is -1.20. The van der Waals surface area contributed by atoms with Gasteiger partial charge in [0.05, 0.1) is 0 Å². The van der Waals surface area contributed by atoms with Crippen molar-refractivity contribution in [3.05, 3.63) is 34.9 Å². The molecule has 0 spiro atoms. The summed E-state index contributed by atoms with van der Waals surface area (Å²) >= 11 is 0. The molecule has 0 fully saturated rings. The highest BCUT2D eigenvalue weighted by atomic mass is 16.4. The van der Waals surface area contributed by atoms with E-state index in [0.29, 0.717) is 19.3 Å². The van der Waals surface area contributed by atoms with Gasteiger partial charge in [-0.2, -0.15) is 0 Å². The van der Waals surface area contributed by atoms with Crippen molar-refractivity contribution in [3.63, 3.8) is 0 Å². The summed E-state index contributed by atoms with van der Waals surface area (Å²) in [6.45, 7) is 5.78. The predicted molar refractivity (Wildman–Crippen MR) is 74.1 cm³/mol. The summed E-state index contributed by atoms with van der Waals surface area (Å²) in [7, 11) is 0. The SMILES string of the molecule is CCC(NC(=O)CCc1cc(C)cc(C)c1)C(=O)O. The van der Waals surface area contributed by atoms with Crippen molar-refractivity contribution in [3.8, 4) is 0 Å². The molecule has 0 heterocycles. The second-order valence-electron chi connectivity index (χ2n) is 4.86. The van der Waals surface area contributed by atoms with Crippen molar-refractivity contribution < 1.29 is 14.7 Å². The molecule has 0 radical (unpaired) electrons. The summed E-state index contributed by atoms with van der Waals surface area (Å²) in [5, 5.41) is 11.4. The maximum atomic E-state index is 11.7. The second kappa shape index (κ2) is 6.92. The number of carboxylic acid groups (broad SMARTS) is 1. The molecular weight excluding hydrogens is 242 g/mol. The highest BCUT2D eigenvalue weighted by Crippen LogP contribution is 2.10. The first-order valence-electron chi connectivity index (χ1n) is 6.51. The minimum atomic E-state index is -0.984. The fraction of sp³-hybridized carbons (Fsp3) is 0.467. The highest BCUT2D eigenvalue weighted by molar-refractivity contribution is 5.83. The normalized spacial score (nSPS) is 11.9. The fourth-order valence-corrected chi connectivity index (χ4v) is 2.08. The van der Waals surface area contributed by atoms with E-state index in [2.05, 4.69) is 23.5 Å².